The molecule has 0 unspecified atom stereocenters. The molecular formula is C12H24N2. The predicted molar refractivity (Wildman–Crippen MR) is 60.2 cm³/mol. The van der Waals surface area contributed by atoms with Crippen LogP contribution in [0.3, 0.4) is 0 Å². The number of rotatable bonds is 2. The molecule has 2 aliphatic rings. The number of likely N-dealkylation sites (tertiary alicyclic amines) is 1. The van der Waals surface area contributed by atoms with Gasteiger partial charge in [0.1, 0.15) is 0 Å². The van der Waals surface area contributed by atoms with E-state index in [1.165, 1.54) is 32.2 Å². The third-order valence-corrected chi connectivity index (χ3v) is 4.36. The lowest BCUT2D eigenvalue weighted by Crippen LogP contribution is -2.55. The largest absolute Gasteiger partial charge is 0.326 e. The molecule has 82 valence electrons. The van der Waals surface area contributed by atoms with E-state index in [1.54, 1.807) is 0 Å². The van der Waals surface area contributed by atoms with Crippen molar-refractivity contribution in [2.45, 2.75) is 64.6 Å². The summed E-state index contributed by atoms with van der Waals surface area (Å²) in [4.78, 5) is 2.63. The summed E-state index contributed by atoms with van der Waals surface area (Å²) in [5.74, 6) is 0. The Kier molecular flexibility index (Phi) is 2.61. The molecule has 1 saturated carbocycles. The summed E-state index contributed by atoms with van der Waals surface area (Å²) in [6.07, 6.45) is 5.37. The van der Waals surface area contributed by atoms with Crippen LogP contribution in [0.2, 0.25) is 0 Å². The molecule has 0 amide bonds. The zero-order chi connectivity index (χ0) is 10.3. The van der Waals surface area contributed by atoms with Crippen molar-refractivity contribution in [2.75, 3.05) is 6.54 Å². The van der Waals surface area contributed by atoms with E-state index >= 15 is 0 Å². The molecular weight excluding hydrogens is 172 g/mol. The summed E-state index contributed by atoms with van der Waals surface area (Å²) in [6, 6.07) is 1.73. The van der Waals surface area contributed by atoms with Crippen LogP contribution in [0.25, 0.3) is 0 Å². The van der Waals surface area contributed by atoms with Crippen LogP contribution in [0.5, 0.6) is 0 Å². The summed E-state index contributed by atoms with van der Waals surface area (Å²) >= 11 is 0. The van der Waals surface area contributed by atoms with Gasteiger partial charge in [-0.05, 0) is 38.5 Å². The number of nitrogens with two attached hydrogens (primary N) is 1. The highest BCUT2D eigenvalue weighted by Crippen LogP contribution is 2.48. The highest BCUT2D eigenvalue weighted by atomic mass is 15.2. The Morgan fingerprint density at radius 2 is 2.00 bits per heavy atom. The highest BCUT2D eigenvalue weighted by Gasteiger charge is 2.48. The van der Waals surface area contributed by atoms with Gasteiger partial charge >= 0.3 is 0 Å². The van der Waals surface area contributed by atoms with Crippen LogP contribution in [-0.2, 0) is 0 Å². The van der Waals surface area contributed by atoms with E-state index in [9.17, 15) is 0 Å². The lowest BCUT2D eigenvalue weighted by molar-refractivity contribution is 0.0162. The SMILES string of the molecule is CC(C)N1CC[C@H](N)[C@H]1C1(C)CCC1. The molecule has 2 nitrogen and oxygen atoms in total. The summed E-state index contributed by atoms with van der Waals surface area (Å²) in [5.41, 5.74) is 6.79. The Hall–Kier alpha value is -0.0800. The summed E-state index contributed by atoms with van der Waals surface area (Å²) in [6.45, 7) is 8.24. The second-order valence-electron chi connectivity index (χ2n) is 5.74. The summed E-state index contributed by atoms with van der Waals surface area (Å²) in [7, 11) is 0. The van der Waals surface area contributed by atoms with E-state index in [0.717, 1.165) is 0 Å². The van der Waals surface area contributed by atoms with Gasteiger partial charge in [0, 0.05) is 24.7 Å². The van der Waals surface area contributed by atoms with Crippen molar-refractivity contribution in [2.24, 2.45) is 11.1 Å². The Labute approximate surface area is 87.8 Å². The van der Waals surface area contributed by atoms with Gasteiger partial charge in [-0.25, -0.2) is 0 Å². The molecule has 2 atom stereocenters. The molecule has 1 saturated heterocycles. The van der Waals surface area contributed by atoms with Crippen LogP contribution < -0.4 is 5.73 Å². The van der Waals surface area contributed by atoms with Crippen LogP contribution in [0.4, 0.5) is 0 Å². The first-order valence-corrected chi connectivity index (χ1v) is 6.06. The fraction of sp³-hybridized carbons (Fsp3) is 1.00. The van der Waals surface area contributed by atoms with E-state index < -0.39 is 0 Å². The maximum Gasteiger partial charge on any atom is 0.0304 e. The molecule has 2 heteroatoms. The van der Waals surface area contributed by atoms with E-state index in [-0.39, 0.29) is 0 Å². The topological polar surface area (TPSA) is 29.3 Å². The average molecular weight is 196 g/mol. The number of hydrogen-bond acceptors (Lipinski definition) is 2. The van der Waals surface area contributed by atoms with Gasteiger partial charge in [-0.2, -0.15) is 0 Å². The zero-order valence-electron chi connectivity index (χ0n) is 9.79. The van der Waals surface area contributed by atoms with E-state index in [2.05, 4.69) is 25.7 Å². The molecule has 0 aromatic rings. The first kappa shape index (κ1) is 10.4. The molecule has 0 bridgehead atoms. The first-order chi connectivity index (χ1) is 6.54. The normalized spacial score (nSPS) is 37.5. The van der Waals surface area contributed by atoms with Crippen molar-refractivity contribution < 1.29 is 0 Å². The average Bonchev–Trinajstić information content (AvgIpc) is 2.43. The molecule has 1 aliphatic carbocycles. The van der Waals surface area contributed by atoms with Crippen LogP contribution in [0.1, 0.15) is 46.5 Å². The van der Waals surface area contributed by atoms with E-state index in [1.807, 2.05) is 0 Å². The van der Waals surface area contributed by atoms with E-state index in [0.29, 0.717) is 23.5 Å². The van der Waals surface area contributed by atoms with Gasteiger partial charge in [-0.3, -0.25) is 4.90 Å². The zero-order valence-corrected chi connectivity index (χ0v) is 9.79. The summed E-state index contributed by atoms with van der Waals surface area (Å²) in [5, 5.41) is 0. The van der Waals surface area contributed by atoms with Crippen molar-refractivity contribution in [3.63, 3.8) is 0 Å². The van der Waals surface area contributed by atoms with Crippen LogP contribution in [-0.4, -0.2) is 29.6 Å². The molecule has 1 heterocycles. The van der Waals surface area contributed by atoms with Crippen molar-refractivity contribution in [1.29, 1.82) is 0 Å². The highest BCUT2D eigenvalue weighted by molar-refractivity contribution is 5.04. The van der Waals surface area contributed by atoms with Crippen molar-refractivity contribution in [3.8, 4) is 0 Å². The van der Waals surface area contributed by atoms with Crippen molar-refractivity contribution >= 4 is 0 Å². The van der Waals surface area contributed by atoms with E-state index in [4.69, 9.17) is 5.73 Å². The first-order valence-electron chi connectivity index (χ1n) is 6.06. The maximum atomic E-state index is 6.26. The fourth-order valence-electron chi connectivity index (χ4n) is 3.37. The molecule has 0 aromatic heterocycles. The molecule has 0 spiro atoms. The smallest absolute Gasteiger partial charge is 0.0304 e. The van der Waals surface area contributed by atoms with Gasteiger partial charge in [-0.1, -0.05) is 13.3 Å². The molecule has 2 N–H and O–H groups in total. The van der Waals surface area contributed by atoms with Crippen LogP contribution in [0.15, 0.2) is 0 Å². The van der Waals surface area contributed by atoms with Crippen LogP contribution in [0, 0.1) is 5.41 Å². The standard InChI is InChI=1S/C12H24N2/c1-9(2)14-8-5-10(13)11(14)12(3)6-4-7-12/h9-11H,4-8,13H2,1-3H3/t10-,11-/m0/s1. The monoisotopic (exact) mass is 196 g/mol. The minimum absolute atomic E-state index is 0.419. The predicted octanol–water partition coefficient (Wildman–Crippen LogP) is 1.99. The van der Waals surface area contributed by atoms with Crippen molar-refractivity contribution in [3.05, 3.63) is 0 Å². The van der Waals surface area contributed by atoms with Gasteiger partial charge in [-0.15, -0.1) is 0 Å². The molecule has 2 rings (SSSR count). The minimum atomic E-state index is 0.419. The third-order valence-electron chi connectivity index (χ3n) is 4.36. The van der Waals surface area contributed by atoms with Crippen LogP contribution >= 0.6 is 0 Å². The van der Waals surface area contributed by atoms with Gasteiger partial charge in [0.05, 0.1) is 0 Å². The van der Waals surface area contributed by atoms with Gasteiger partial charge in [0.25, 0.3) is 0 Å². The Morgan fingerprint density at radius 3 is 2.43 bits per heavy atom. The fourth-order valence-corrected chi connectivity index (χ4v) is 3.37. The molecule has 2 fully saturated rings. The second kappa shape index (κ2) is 3.49. The Bertz CT molecular complexity index is 208. The van der Waals surface area contributed by atoms with Gasteiger partial charge < -0.3 is 5.73 Å². The lowest BCUT2D eigenvalue weighted by atomic mass is 9.64. The third kappa shape index (κ3) is 1.49. The van der Waals surface area contributed by atoms with Gasteiger partial charge in [0.15, 0.2) is 0 Å². The maximum absolute atomic E-state index is 6.26. The quantitative estimate of drug-likeness (QED) is 0.732. The summed E-state index contributed by atoms with van der Waals surface area (Å²) < 4.78 is 0. The Balaban J connectivity index is 2.13. The molecule has 0 aromatic carbocycles. The molecule has 14 heavy (non-hydrogen) atoms. The van der Waals surface area contributed by atoms with Crippen molar-refractivity contribution in [1.82, 2.24) is 4.90 Å². The number of nitrogens with zero attached hydrogens (tertiary/aromatic N) is 1. The lowest BCUT2D eigenvalue weighted by Gasteiger charge is -2.49. The number of hydrogen-bond donors (Lipinski definition) is 1. The Morgan fingerprint density at radius 1 is 1.36 bits per heavy atom. The van der Waals surface area contributed by atoms with Gasteiger partial charge in [0.2, 0.25) is 0 Å². The second-order valence-corrected chi connectivity index (χ2v) is 5.74. The minimum Gasteiger partial charge on any atom is -0.326 e. The molecule has 1 aliphatic heterocycles. The molecule has 0 radical (unpaired) electrons.